The van der Waals surface area contributed by atoms with Crippen LogP contribution in [0.5, 0.6) is 0 Å². The summed E-state index contributed by atoms with van der Waals surface area (Å²) in [7, 11) is 4.15. The highest BCUT2D eigenvalue weighted by Crippen LogP contribution is 2.30. The van der Waals surface area contributed by atoms with Gasteiger partial charge in [0, 0.05) is 12.1 Å². The van der Waals surface area contributed by atoms with Gasteiger partial charge in [0.1, 0.15) is 6.04 Å². The van der Waals surface area contributed by atoms with Crippen molar-refractivity contribution in [3.8, 4) is 0 Å². The monoisotopic (exact) mass is 413 g/mol. The lowest BCUT2D eigenvalue weighted by atomic mass is 9.88. The number of halogens is 2. The van der Waals surface area contributed by atoms with Gasteiger partial charge in [-0.15, -0.1) is 0 Å². The fourth-order valence-corrected chi connectivity index (χ4v) is 3.98. The van der Waals surface area contributed by atoms with E-state index in [9.17, 15) is 9.59 Å². The van der Waals surface area contributed by atoms with Crippen molar-refractivity contribution in [1.29, 1.82) is 0 Å². The lowest BCUT2D eigenvalue weighted by Crippen LogP contribution is -2.55. The molecule has 0 spiro atoms. The van der Waals surface area contributed by atoms with Gasteiger partial charge in [0.25, 0.3) is 5.91 Å². The molecule has 27 heavy (non-hydrogen) atoms. The van der Waals surface area contributed by atoms with E-state index in [1.165, 1.54) is 25.7 Å². The molecule has 1 aromatic carbocycles. The summed E-state index contributed by atoms with van der Waals surface area (Å²) >= 11 is 12.0. The third-order valence-corrected chi connectivity index (χ3v) is 6.33. The van der Waals surface area contributed by atoms with Crippen LogP contribution in [0.15, 0.2) is 18.2 Å². The second kappa shape index (κ2) is 9.76. The minimum Gasteiger partial charge on any atom is -0.352 e. The summed E-state index contributed by atoms with van der Waals surface area (Å²) in [5, 5.41) is 6.23. The number of hydrogen-bond donors (Lipinski definition) is 2. The Morgan fingerprint density at radius 1 is 1.15 bits per heavy atom. The normalized spacial score (nSPS) is 17.9. The van der Waals surface area contributed by atoms with Crippen LogP contribution < -0.4 is 10.6 Å². The lowest BCUT2D eigenvalue weighted by Gasteiger charge is -2.40. The fourth-order valence-electron chi connectivity index (χ4n) is 3.59. The van der Waals surface area contributed by atoms with Crippen molar-refractivity contribution in [1.82, 2.24) is 15.5 Å². The molecule has 1 aliphatic rings. The predicted molar refractivity (Wildman–Crippen MR) is 111 cm³/mol. The van der Waals surface area contributed by atoms with Crippen LogP contribution in [0.4, 0.5) is 0 Å². The maximum atomic E-state index is 12.6. The molecule has 2 amide bonds. The zero-order valence-electron chi connectivity index (χ0n) is 16.3. The Balaban J connectivity index is 1.96. The van der Waals surface area contributed by atoms with Gasteiger partial charge in [-0.05, 0) is 46.0 Å². The first-order valence-corrected chi connectivity index (χ1v) is 10.2. The summed E-state index contributed by atoms with van der Waals surface area (Å²) < 4.78 is 0. The van der Waals surface area contributed by atoms with Crippen LogP contribution in [0.2, 0.25) is 10.0 Å². The summed E-state index contributed by atoms with van der Waals surface area (Å²) in [4.78, 5) is 27.2. The smallest absolute Gasteiger partial charge is 0.253 e. The van der Waals surface area contributed by atoms with E-state index in [4.69, 9.17) is 23.2 Å². The molecule has 0 aliphatic heterocycles. The number of benzene rings is 1. The molecule has 150 valence electrons. The van der Waals surface area contributed by atoms with Crippen molar-refractivity contribution < 1.29 is 9.59 Å². The molecule has 1 aromatic rings. The van der Waals surface area contributed by atoms with Crippen LogP contribution in [0.3, 0.4) is 0 Å². The number of nitrogens with zero attached hydrogens (tertiary/aromatic N) is 1. The van der Waals surface area contributed by atoms with E-state index in [1.807, 2.05) is 0 Å². The molecule has 7 heteroatoms. The fraction of sp³-hybridized carbons (Fsp3) is 0.600. The highest BCUT2D eigenvalue weighted by atomic mass is 35.5. The molecule has 2 rings (SSSR count). The molecule has 1 fully saturated rings. The molecule has 0 unspecified atom stereocenters. The van der Waals surface area contributed by atoms with Gasteiger partial charge in [-0.25, -0.2) is 0 Å². The molecule has 0 saturated heterocycles. The Bertz CT molecular complexity index is 671. The van der Waals surface area contributed by atoms with Gasteiger partial charge in [-0.2, -0.15) is 0 Å². The number of hydrogen-bond acceptors (Lipinski definition) is 3. The predicted octanol–water partition coefficient (Wildman–Crippen LogP) is 3.88. The summed E-state index contributed by atoms with van der Waals surface area (Å²) in [6.45, 7) is 2.25. The molecule has 1 aliphatic carbocycles. The van der Waals surface area contributed by atoms with Crippen LogP contribution in [-0.4, -0.2) is 48.9 Å². The summed E-state index contributed by atoms with van der Waals surface area (Å²) in [6, 6.07) is 4.18. The van der Waals surface area contributed by atoms with Crippen molar-refractivity contribution in [2.75, 3.05) is 20.6 Å². The molecule has 0 radical (unpaired) electrons. The molecular weight excluding hydrogens is 385 g/mol. The maximum absolute atomic E-state index is 12.6. The second-order valence-corrected chi connectivity index (χ2v) is 8.33. The molecule has 0 heterocycles. The number of nitrogens with one attached hydrogen (secondary N) is 2. The van der Waals surface area contributed by atoms with Gasteiger partial charge in [0.05, 0.1) is 15.6 Å². The van der Waals surface area contributed by atoms with Gasteiger partial charge in [0.2, 0.25) is 5.91 Å². The first-order chi connectivity index (χ1) is 12.8. The average molecular weight is 414 g/mol. The van der Waals surface area contributed by atoms with Crippen LogP contribution >= 0.6 is 23.2 Å². The first-order valence-electron chi connectivity index (χ1n) is 9.47. The first kappa shape index (κ1) is 22.0. The number of carbonyl (C=O) groups excluding carboxylic acids is 2. The zero-order chi connectivity index (χ0) is 20.0. The Hall–Kier alpha value is -1.30. The van der Waals surface area contributed by atoms with Crippen molar-refractivity contribution in [3.63, 3.8) is 0 Å². The van der Waals surface area contributed by atoms with Gasteiger partial charge >= 0.3 is 0 Å². The molecule has 0 aromatic heterocycles. The number of carbonyl (C=O) groups is 2. The molecule has 5 nitrogen and oxygen atoms in total. The van der Waals surface area contributed by atoms with E-state index in [-0.39, 0.29) is 22.0 Å². The third-order valence-electron chi connectivity index (χ3n) is 5.51. The SMILES string of the molecule is C[C@H](NC(=O)c1cccc(Cl)c1Cl)C(=O)NCC1(N(C)C)CCCCCC1. The van der Waals surface area contributed by atoms with E-state index in [2.05, 4.69) is 29.6 Å². The van der Waals surface area contributed by atoms with Gasteiger partial charge in [0.15, 0.2) is 0 Å². The zero-order valence-corrected chi connectivity index (χ0v) is 17.8. The summed E-state index contributed by atoms with van der Waals surface area (Å²) in [5.41, 5.74) is 0.240. The average Bonchev–Trinajstić information content (AvgIpc) is 2.88. The maximum Gasteiger partial charge on any atom is 0.253 e. The van der Waals surface area contributed by atoms with E-state index in [1.54, 1.807) is 25.1 Å². The topological polar surface area (TPSA) is 61.4 Å². The second-order valence-electron chi connectivity index (χ2n) is 7.55. The third kappa shape index (κ3) is 5.59. The van der Waals surface area contributed by atoms with E-state index >= 15 is 0 Å². The van der Waals surface area contributed by atoms with Crippen molar-refractivity contribution >= 4 is 35.0 Å². The Kier molecular flexibility index (Phi) is 7.95. The number of rotatable bonds is 6. The summed E-state index contributed by atoms with van der Waals surface area (Å²) in [6.07, 6.45) is 6.98. The van der Waals surface area contributed by atoms with Crippen molar-refractivity contribution in [2.45, 2.75) is 57.0 Å². The lowest BCUT2D eigenvalue weighted by molar-refractivity contribution is -0.123. The Morgan fingerprint density at radius 2 is 1.78 bits per heavy atom. The van der Waals surface area contributed by atoms with Crippen LogP contribution in [-0.2, 0) is 4.79 Å². The molecular formula is C20H29Cl2N3O2. The quantitative estimate of drug-likeness (QED) is 0.695. The van der Waals surface area contributed by atoms with Crippen LogP contribution in [0.1, 0.15) is 55.8 Å². The molecule has 1 saturated carbocycles. The molecule has 0 bridgehead atoms. The van der Waals surface area contributed by atoms with Crippen molar-refractivity contribution in [3.05, 3.63) is 33.8 Å². The largest absolute Gasteiger partial charge is 0.352 e. The van der Waals surface area contributed by atoms with E-state index in [0.717, 1.165) is 12.8 Å². The number of likely N-dealkylation sites (N-methyl/N-ethyl adjacent to an activating group) is 1. The summed E-state index contributed by atoms with van der Waals surface area (Å²) in [5.74, 6) is -0.617. The Labute approximate surface area is 171 Å². The standard InChI is InChI=1S/C20H29Cl2N3O2/c1-14(24-19(27)15-9-8-10-16(21)17(15)22)18(26)23-13-20(25(2)3)11-6-4-5-7-12-20/h8-10,14H,4-7,11-13H2,1-3H3,(H,23,26)(H,24,27)/t14-/m0/s1. The van der Waals surface area contributed by atoms with Gasteiger partial charge < -0.3 is 15.5 Å². The minimum atomic E-state index is -0.669. The van der Waals surface area contributed by atoms with Crippen LogP contribution in [0.25, 0.3) is 0 Å². The van der Waals surface area contributed by atoms with Gasteiger partial charge in [-0.1, -0.05) is 55.0 Å². The highest BCUT2D eigenvalue weighted by molar-refractivity contribution is 6.43. The van der Waals surface area contributed by atoms with E-state index < -0.39 is 11.9 Å². The minimum absolute atomic E-state index is 0.0217. The molecule has 2 N–H and O–H groups in total. The number of amides is 2. The highest BCUT2D eigenvalue weighted by Gasteiger charge is 2.34. The molecule has 1 atom stereocenters. The van der Waals surface area contributed by atoms with E-state index in [0.29, 0.717) is 11.6 Å². The Morgan fingerprint density at radius 3 is 2.37 bits per heavy atom. The van der Waals surface area contributed by atoms with Crippen LogP contribution in [0, 0.1) is 0 Å². The van der Waals surface area contributed by atoms with Crippen molar-refractivity contribution in [2.24, 2.45) is 0 Å². The van der Waals surface area contributed by atoms with Gasteiger partial charge in [-0.3, -0.25) is 9.59 Å².